The van der Waals surface area contributed by atoms with Gasteiger partial charge in [-0.25, -0.2) is 0 Å². The van der Waals surface area contributed by atoms with E-state index in [4.69, 9.17) is 31.5 Å². The number of hydrogen-bond acceptors (Lipinski definition) is 4. The Bertz CT molecular complexity index is 5920. The van der Waals surface area contributed by atoms with E-state index in [9.17, 15) is 0 Å². The van der Waals surface area contributed by atoms with E-state index in [1.807, 2.05) is 27.7 Å². The maximum atomic E-state index is 6.57. The van der Waals surface area contributed by atoms with E-state index in [0.29, 0.717) is 0 Å². The van der Waals surface area contributed by atoms with Gasteiger partial charge in [0, 0.05) is 56.5 Å². The van der Waals surface area contributed by atoms with Crippen molar-refractivity contribution < 1.29 is 18.6 Å². The summed E-state index contributed by atoms with van der Waals surface area (Å²) in [5.41, 5.74) is 16.6. The Kier molecular flexibility index (Phi) is 21.9. The van der Waals surface area contributed by atoms with E-state index in [1.54, 1.807) is 0 Å². The van der Waals surface area contributed by atoms with E-state index in [0.717, 1.165) is 73.5 Å². The van der Waals surface area contributed by atoms with Gasteiger partial charge >= 0.3 is 14.2 Å². The molecule has 1 aliphatic carbocycles. The number of benzene rings is 9. The standard InChI is InChI=1S/C57H47B2NO4.C42H42I2N2/c1-14-16-18-20-22-24-34-57(35-25-23-21-19-17-15-2)48-37-42(59-63-55(10,11)56(12,13)64-59)28-32-44(48)45-38-47-46-36-41(58-61-53(6,7)54(8,9)62-58)29-33-50(46)60(51(47)39-49(45)57)43-30-26-40(27-31-43)52(3,4)5;1-3-5-7-9-11-29-13-19-33(20-14-29)45-39-23-17-31(43)25-35(39)37-27-38-36-26-32(44)18-24-40(36)46(42(38)28-41(37)45)34-21-15-30(16-22-34)12-10-8-6-4-2/h1-2,26-33,36-39H,3-13H3;13-28H,3-12H2,1-2H3. The minimum absolute atomic E-state index is 0.0236. The van der Waals surface area contributed by atoms with Gasteiger partial charge in [0.1, 0.15) is 5.41 Å². The van der Waals surface area contributed by atoms with Gasteiger partial charge in [-0.2, -0.15) is 0 Å². The maximum absolute atomic E-state index is 6.57. The largest absolute Gasteiger partial charge is 0.494 e. The third-order valence-corrected chi connectivity index (χ3v) is 24.2. The minimum atomic E-state index is -1.23. The van der Waals surface area contributed by atoms with Crippen molar-refractivity contribution in [1.82, 2.24) is 13.7 Å². The minimum Gasteiger partial charge on any atom is -0.399 e. The van der Waals surface area contributed by atoms with Crippen molar-refractivity contribution in [3.63, 3.8) is 0 Å². The normalized spacial score (nSPS) is 15.1. The number of terminal acetylenes is 2. The van der Waals surface area contributed by atoms with E-state index in [-0.39, 0.29) is 5.41 Å². The molecule has 0 spiro atoms. The summed E-state index contributed by atoms with van der Waals surface area (Å²) in [6, 6.07) is 63.3. The first-order valence-corrected chi connectivity index (χ1v) is 40.6. The molecule has 2 fully saturated rings. The van der Waals surface area contributed by atoms with Crippen LogP contribution in [0.15, 0.2) is 170 Å². The van der Waals surface area contributed by atoms with Gasteiger partial charge < -0.3 is 32.3 Å². The Morgan fingerprint density at radius 2 is 0.736 bits per heavy atom. The second-order valence-electron chi connectivity index (χ2n) is 32.2. The Labute approximate surface area is 678 Å². The van der Waals surface area contributed by atoms with Crippen molar-refractivity contribution in [1.29, 1.82) is 0 Å². The van der Waals surface area contributed by atoms with Gasteiger partial charge in [-0.05, 0) is 356 Å². The number of hydrogen-bond donors (Lipinski definition) is 0. The highest BCUT2D eigenvalue weighted by atomic mass is 127. The summed E-state index contributed by atoms with van der Waals surface area (Å²) in [6.45, 7) is 27.7. The molecule has 0 bridgehead atoms. The number of halogens is 2. The quantitative estimate of drug-likeness (QED) is 0.0444. The molecule has 0 N–H and O–H groups in total. The molecule has 11 heteroatoms. The van der Waals surface area contributed by atoms with Crippen molar-refractivity contribution in [3.8, 4) is 124 Å². The Morgan fingerprint density at radius 3 is 1.18 bits per heavy atom. The summed E-state index contributed by atoms with van der Waals surface area (Å²) in [6.07, 6.45) is 23.4. The van der Waals surface area contributed by atoms with Crippen molar-refractivity contribution >= 4 is 136 Å². The number of unbranched alkanes of at least 4 members (excludes halogenated alkanes) is 6. The summed E-state index contributed by atoms with van der Waals surface area (Å²) < 4.78 is 36.1. The summed E-state index contributed by atoms with van der Waals surface area (Å²) in [4.78, 5) is 0. The van der Waals surface area contributed by atoms with E-state index < -0.39 is 42.1 Å². The van der Waals surface area contributed by atoms with Gasteiger partial charge in [0.25, 0.3) is 0 Å². The molecule has 2 aliphatic heterocycles. The lowest BCUT2D eigenvalue weighted by molar-refractivity contribution is 0.00578. The van der Waals surface area contributed by atoms with Crippen molar-refractivity contribution in [3.05, 3.63) is 205 Å². The van der Waals surface area contributed by atoms with Crippen LogP contribution in [0.25, 0.3) is 93.6 Å². The molecule has 12 aromatic rings. The molecule has 15 rings (SSSR count). The van der Waals surface area contributed by atoms with Gasteiger partial charge in [-0.3, -0.25) is 0 Å². The zero-order valence-corrected chi connectivity index (χ0v) is 69.6. The van der Waals surface area contributed by atoms with Crippen LogP contribution < -0.4 is 10.9 Å². The molecule has 110 heavy (non-hydrogen) atoms. The van der Waals surface area contributed by atoms with Crippen LogP contribution >= 0.6 is 45.2 Å². The molecule has 0 amide bonds. The molecule has 0 atom stereocenters. The fraction of sp³-hybridized carbons (Fsp3) is 0.293. The third-order valence-electron chi connectivity index (χ3n) is 22.9. The van der Waals surface area contributed by atoms with Crippen molar-refractivity contribution in [2.45, 2.75) is 187 Å². The lowest BCUT2D eigenvalue weighted by Crippen LogP contribution is -2.41. The summed E-state index contributed by atoms with van der Waals surface area (Å²) in [7, 11) is -1.18. The van der Waals surface area contributed by atoms with Crippen LogP contribution in [-0.2, 0) is 42.3 Å². The van der Waals surface area contributed by atoms with Gasteiger partial charge in [0.2, 0.25) is 0 Å². The smallest absolute Gasteiger partial charge is 0.399 e. The third kappa shape index (κ3) is 14.9. The van der Waals surface area contributed by atoms with Crippen molar-refractivity contribution in [2.24, 2.45) is 0 Å². The SMILES string of the molecule is C#CC#CC#CC#CC1(C#CC#CC#CC#C)c2cc(B3OC(C)(C)C(C)(C)O3)ccc2-c2cc3c4cc(B5OC(C)(C)C(C)(C)O5)ccc4n(-c4ccc(C(C)(C)C)cc4)c3cc21.CCCCCCc1ccc(-n2c3ccc(I)cc3c3cc4c5cc(I)ccc5n(-c5ccc(CCCCCC)cc5)c4cc32)cc1. The van der Waals surface area contributed by atoms with Gasteiger partial charge in [-0.1, -0.05) is 152 Å². The summed E-state index contributed by atoms with van der Waals surface area (Å²) in [5.74, 6) is 39.5. The topological polar surface area (TPSA) is 51.7 Å². The van der Waals surface area contributed by atoms with Gasteiger partial charge in [0.05, 0.1) is 55.5 Å². The molecule has 0 saturated carbocycles. The second kappa shape index (κ2) is 31.2. The molecule has 3 aromatic heterocycles. The fourth-order valence-corrected chi connectivity index (χ4v) is 16.5. The Balaban J connectivity index is 0.000000193. The molecule has 3 aliphatic rings. The first-order chi connectivity index (χ1) is 52.8. The number of fused-ring (bicyclic) bond motifs is 12. The Morgan fingerprint density at radius 1 is 0.364 bits per heavy atom. The highest BCUT2D eigenvalue weighted by Gasteiger charge is 2.54. The maximum Gasteiger partial charge on any atom is 0.494 e. The molecular formula is C99H89B2I2N3O4. The van der Waals surface area contributed by atoms with Crippen LogP contribution in [0.3, 0.4) is 0 Å². The van der Waals surface area contributed by atoms with E-state index in [2.05, 4.69) is 374 Å². The van der Waals surface area contributed by atoms with Crippen LogP contribution in [-0.4, -0.2) is 50.3 Å². The van der Waals surface area contributed by atoms with Crippen LogP contribution in [0.4, 0.5) is 0 Å². The molecule has 0 unspecified atom stereocenters. The first kappa shape index (κ1) is 77.0. The molecule has 5 heterocycles. The van der Waals surface area contributed by atoms with Crippen molar-refractivity contribution in [2.75, 3.05) is 0 Å². The van der Waals surface area contributed by atoms with Crippen LogP contribution in [0, 0.1) is 103 Å². The fourth-order valence-electron chi connectivity index (χ4n) is 15.5. The molecule has 544 valence electrons. The predicted molar refractivity (Wildman–Crippen MR) is 478 cm³/mol. The molecule has 2 saturated heterocycles. The predicted octanol–water partition coefficient (Wildman–Crippen LogP) is 21.6. The number of rotatable bonds is 15. The van der Waals surface area contributed by atoms with Gasteiger partial charge in [-0.15, -0.1) is 12.8 Å². The molecule has 7 nitrogen and oxygen atoms in total. The van der Waals surface area contributed by atoms with Crippen LogP contribution in [0.2, 0.25) is 0 Å². The zero-order chi connectivity index (χ0) is 77.5. The number of aromatic nitrogens is 3. The lowest BCUT2D eigenvalue weighted by Gasteiger charge is -2.32. The second-order valence-corrected chi connectivity index (χ2v) is 34.7. The molecule has 0 radical (unpaired) electrons. The highest BCUT2D eigenvalue weighted by molar-refractivity contribution is 14.1. The van der Waals surface area contributed by atoms with Crippen LogP contribution in [0.5, 0.6) is 0 Å². The zero-order valence-electron chi connectivity index (χ0n) is 65.3. The highest BCUT2D eigenvalue weighted by Crippen LogP contribution is 2.52. The summed E-state index contributed by atoms with van der Waals surface area (Å²) >= 11 is 4.91. The molecule has 9 aromatic carbocycles. The average molecular weight is 1660 g/mol. The van der Waals surface area contributed by atoms with E-state index >= 15 is 0 Å². The first-order valence-electron chi connectivity index (χ1n) is 38.4. The lowest BCUT2D eigenvalue weighted by atomic mass is 9.73. The number of nitrogens with zero attached hydrogens (tertiary/aromatic N) is 3. The van der Waals surface area contributed by atoms with Gasteiger partial charge in [0.15, 0.2) is 0 Å². The van der Waals surface area contributed by atoms with Crippen LogP contribution in [0.1, 0.15) is 169 Å². The number of aryl methyl sites for hydroxylation is 2. The summed E-state index contributed by atoms with van der Waals surface area (Å²) in [5, 5.41) is 7.33. The van der Waals surface area contributed by atoms with E-state index in [1.165, 1.54) is 130 Å². The monoisotopic (exact) mass is 1660 g/mol. The Hall–Kier alpha value is -9.71. The molecular weight excluding hydrogens is 1570 g/mol. The average Bonchev–Trinajstić information content (AvgIpc) is 1.54.